The predicted octanol–water partition coefficient (Wildman–Crippen LogP) is -0.515. The SMILES string of the molecule is O=C1NCC2C1CCCN2c1ncc[nH]c1=O. The Balaban J connectivity index is 1.96. The number of anilines is 1. The Morgan fingerprint density at radius 1 is 1.41 bits per heavy atom. The average Bonchev–Trinajstić information content (AvgIpc) is 2.72. The molecular weight excluding hydrogens is 220 g/mol. The minimum absolute atomic E-state index is 0.00477. The Morgan fingerprint density at radius 3 is 3.12 bits per heavy atom. The van der Waals surface area contributed by atoms with E-state index < -0.39 is 0 Å². The van der Waals surface area contributed by atoms with Crippen LogP contribution < -0.4 is 15.8 Å². The van der Waals surface area contributed by atoms with Crippen molar-refractivity contribution >= 4 is 11.7 Å². The van der Waals surface area contributed by atoms with Gasteiger partial charge in [-0.1, -0.05) is 0 Å². The van der Waals surface area contributed by atoms with Crippen LogP contribution in [0.2, 0.25) is 0 Å². The smallest absolute Gasteiger partial charge is 0.290 e. The second-order valence-electron chi connectivity index (χ2n) is 4.50. The van der Waals surface area contributed by atoms with E-state index in [0.29, 0.717) is 12.4 Å². The van der Waals surface area contributed by atoms with Crippen molar-refractivity contribution in [2.24, 2.45) is 5.92 Å². The van der Waals surface area contributed by atoms with E-state index in [1.54, 1.807) is 6.20 Å². The van der Waals surface area contributed by atoms with Crippen LogP contribution in [-0.2, 0) is 4.79 Å². The molecule has 6 nitrogen and oxygen atoms in total. The van der Waals surface area contributed by atoms with E-state index in [9.17, 15) is 9.59 Å². The molecule has 1 aromatic rings. The molecule has 0 aliphatic carbocycles. The number of hydrogen-bond acceptors (Lipinski definition) is 4. The highest BCUT2D eigenvalue weighted by molar-refractivity contribution is 5.83. The van der Waals surface area contributed by atoms with E-state index in [0.717, 1.165) is 19.4 Å². The number of fused-ring (bicyclic) bond motifs is 1. The fraction of sp³-hybridized carbons (Fsp3) is 0.545. The van der Waals surface area contributed by atoms with Gasteiger partial charge in [-0.2, -0.15) is 0 Å². The summed E-state index contributed by atoms with van der Waals surface area (Å²) in [6, 6.07) is 0.0762. The molecule has 0 bridgehead atoms. The van der Waals surface area contributed by atoms with Crippen molar-refractivity contribution in [2.45, 2.75) is 18.9 Å². The third-order valence-electron chi connectivity index (χ3n) is 3.56. The van der Waals surface area contributed by atoms with Crippen LogP contribution in [0, 0.1) is 5.92 Å². The first-order valence-electron chi connectivity index (χ1n) is 5.85. The fourth-order valence-corrected chi connectivity index (χ4v) is 2.76. The second-order valence-corrected chi connectivity index (χ2v) is 4.50. The van der Waals surface area contributed by atoms with Crippen molar-refractivity contribution < 1.29 is 4.79 Å². The summed E-state index contributed by atoms with van der Waals surface area (Å²) in [5.41, 5.74) is -0.188. The van der Waals surface area contributed by atoms with Gasteiger partial charge in [0.25, 0.3) is 5.56 Å². The Morgan fingerprint density at radius 2 is 2.29 bits per heavy atom. The van der Waals surface area contributed by atoms with Crippen molar-refractivity contribution in [2.75, 3.05) is 18.0 Å². The Labute approximate surface area is 98.0 Å². The summed E-state index contributed by atoms with van der Waals surface area (Å²) < 4.78 is 0. The van der Waals surface area contributed by atoms with E-state index in [4.69, 9.17) is 0 Å². The molecule has 2 fully saturated rings. The number of nitrogens with one attached hydrogen (secondary N) is 2. The van der Waals surface area contributed by atoms with E-state index in [2.05, 4.69) is 15.3 Å². The number of amides is 1. The Kier molecular flexibility index (Phi) is 2.35. The zero-order valence-corrected chi connectivity index (χ0v) is 9.35. The highest BCUT2D eigenvalue weighted by Crippen LogP contribution is 2.28. The third-order valence-corrected chi connectivity index (χ3v) is 3.56. The molecule has 2 aliphatic rings. The maximum atomic E-state index is 11.7. The summed E-state index contributed by atoms with van der Waals surface area (Å²) in [5, 5.41) is 2.86. The molecule has 2 aliphatic heterocycles. The lowest BCUT2D eigenvalue weighted by Gasteiger charge is -2.35. The highest BCUT2D eigenvalue weighted by atomic mass is 16.2. The van der Waals surface area contributed by atoms with Crippen LogP contribution in [0.15, 0.2) is 17.2 Å². The normalized spacial score (nSPS) is 27.8. The molecule has 17 heavy (non-hydrogen) atoms. The fourth-order valence-electron chi connectivity index (χ4n) is 2.76. The zero-order chi connectivity index (χ0) is 11.8. The predicted molar refractivity (Wildman–Crippen MR) is 61.7 cm³/mol. The Bertz CT molecular complexity index is 498. The van der Waals surface area contributed by atoms with E-state index in [1.807, 2.05) is 4.90 Å². The zero-order valence-electron chi connectivity index (χ0n) is 9.35. The first-order valence-corrected chi connectivity index (χ1v) is 5.85. The second kappa shape index (κ2) is 3.87. The van der Waals surface area contributed by atoms with E-state index in [1.165, 1.54) is 6.20 Å². The molecule has 0 saturated carbocycles. The van der Waals surface area contributed by atoms with Crippen LogP contribution in [-0.4, -0.2) is 35.0 Å². The molecule has 3 heterocycles. The van der Waals surface area contributed by atoms with Gasteiger partial charge in [0, 0.05) is 25.5 Å². The Hall–Kier alpha value is -1.85. The molecule has 2 atom stereocenters. The summed E-state index contributed by atoms with van der Waals surface area (Å²) in [6.07, 6.45) is 4.91. The largest absolute Gasteiger partial charge is 0.354 e. The van der Waals surface area contributed by atoms with E-state index >= 15 is 0 Å². The average molecular weight is 234 g/mol. The van der Waals surface area contributed by atoms with Gasteiger partial charge in [-0.25, -0.2) is 4.98 Å². The molecule has 2 unspecified atom stereocenters. The van der Waals surface area contributed by atoms with Gasteiger partial charge in [0.15, 0.2) is 5.82 Å². The molecule has 1 amide bonds. The maximum Gasteiger partial charge on any atom is 0.290 e. The van der Waals surface area contributed by atoms with Crippen LogP contribution in [0.4, 0.5) is 5.82 Å². The first kappa shape index (κ1) is 10.3. The monoisotopic (exact) mass is 234 g/mol. The molecule has 1 aromatic heterocycles. The molecule has 3 rings (SSSR count). The van der Waals surface area contributed by atoms with Gasteiger partial charge < -0.3 is 15.2 Å². The van der Waals surface area contributed by atoms with Gasteiger partial charge in [-0.05, 0) is 12.8 Å². The molecule has 0 radical (unpaired) electrons. The van der Waals surface area contributed by atoms with Crippen molar-refractivity contribution in [1.29, 1.82) is 0 Å². The standard InChI is InChI=1S/C11H14N4O2/c16-10-7-2-1-5-15(8(7)6-14-10)9-11(17)13-4-3-12-9/h3-4,7-8H,1-2,5-6H2,(H,13,17)(H,14,16). The number of carbonyl (C=O) groups excluding carboxylic acids is 1. The molecule has 0 spiro atoms. The van der Waals surface area contributed by atoms with Crippen LogP contribution >= 0.6 is 0 Å². The number of aromatic amines is 1. The molecule has 6 heteroatoms. The summed E-state index contributed by atoms with van der Waals surface area (Å²) in [4.78, 5) is 32.1. The van der Waals surface area contributed by atoms with Gasteiger partial charge in [-0.15, -0.1) is 0 Å². The lowest BCUT2D eigenvalue weighted by Crippen LogP contribution is -2.48. The van der Waals surface area contributed by atoms with Gasteiger partial charge in [0.05, 0.1) is 12.0 Å². The summed E-state index contributed by atoms with van der Waals surface area (Å²) in [5.74, 6) is 0.538. The summed E-state index contributed by atoms with van der Waals surface area (Å²) in [6.45, 7) is 1.40. The molecule has 90 valence electrons. The van der Waals surface area contributed by atoms with Crippen LogP contribution in [0.5, 0.6) is 0 Å². The number of hydrogen-bond donors (Lipinski definition) is 2. The molecule has 2 N–H and O–H groups in total. The number of rotatable bonds is 1. The molecule has 2 saturated heterocycles. The number of aromatic nitrogens is 2. The molecule has 0 aromatic carbocycles. The van der Waals surface area contributed by atoms with Crippen LogP contribution in [0.1, 0.15) is 12.8 Å². The van der Waals surface area contributed by atoms with Crippen molar-refractivity contribution in [3.63, 3.8) is 0 Å². The highest BCUT2D eigenvalue weighted by Gasteiger charge is 2.41. The number of carbonyl (C=O) groups is 1. The quantitative estimate of drug-likeness (QED) is 0.685. The molecular formula is C11H14N4O2. The lowest BCUT2D eigenvalue weighted by atomic mass is 9.91. The van der Waals surface area contributed by atoms with Crippen LogP contribution in [0.25, 0.3) is 0 Å². The van der Waals surface area contributed by atoms with E-state index in [-0.39, 0.29) is 23.4 Å². The van der Waals surface area contributed by atoms with Crippen molar-refractivity contribution in [3.05, 3.63) is 22.7 Å². The summed E-state index contributed by atoms with van der Waals surface area (Å²) >= 11 is 0. The van der Waals surface area contributed by atoms with Crippen LogP contribution in [0.3, 0.4) is 0 Å². The third kappa shape index (κ3) is 1.60. The van der Waals surface area contributed by atoms with Gasteiger partial charge in [0.2, 0.25) is 5.91 Å². The van der Waals surface area contributed by atoms with Crippen molar-refractivity contribution in [1.82, 2.24) is 15.3 Å². The minimum Gasteiger partial charge on any atom is -0.354 e. The topological polar surface area (TPSA) is 78.1 Å². The van der Waals surface area contributed by atoms with Gasteiger partial charge in [-0.3, -0.25) is 9.59 Å². The number of H-pyrrole nitrogens is 1. The number of piperidine rings is 1. The minimum atomic E-state index is -0.188. The summed E-state index contributed by atoms with van der Waals surface area (Å²) in [7, 11) is 0. The first-order chi connectivity index (χ1) is 8.27. The van der Waals surface area contributed by atoms with Crippen molar-refractivity contribution in [3.8, 4) is 0 Å². The number of nitrogens with zero attached hydrogens (tertiary/aromatic N) is 2. The van der Waals surface area contributed by atoms with Gasteiger partial charge >= 0.3 is 0 Å². The maximum absolute atomic E-state index is 11.7. The lowest BCUT2D eigenvalue weighted by molar-refractivity contribution is -0.122. The van der Waals surface area contributed by atoms with Gasteiger partial charge in [0.1, 0.15) is 0 Å².